The molecule has 2 aliphatic heterocycles. The molecule has 1 unspecified atom stereocenters. The third-order valence-electron chi connectivity index (χ3n) is 6.17. The molecular formula is C23H34N6OS. The topological polar surface area (TPSA) is 69.5 Å². The zero-order chi connectivity index (χ0) is 21.6. The normalized spacial score (nSPS) is 19.7. The Morgan fingerprint density at radius 3 is 2.52 bits per heavy atom. The second kappa shape index (κ2) is 10.3. The number of aryl methyl sites for hydroxylation is 1. The van der Waals surface area contributed by atoms with Crippen LogP contribution in [0, 0.1) is 6.92 Å². The predicted molar refractivity (Wildman–Crippen MR) is 130 cm³/mol. The number of furan rings is 1. The molecule has 2 fully saturated rings. The highest BCUT2D eigenvalue weighted by atomic mass is 32.1. The van der Waals surface area contributed by atoms with Gasteiger partial charge in [0.15, 0.2) is 5.11 Å². The van der Waals surface area contributed by atoms with Gasteiger partial charge in [-0.05, 0) is 70.3 Å². The van der Waals surface area contributed by atoms with E-state index in [4.69, 9.17) is 26.6 Å². The van der Waals surface area contributed by atoms with Gasteiger partial charge in [0.1, 0.15) is 23.2 Å². The predicted octanol–water partition coefficient (Wildman–Crippen LogP) is 4.62. The van der Waals surface area contributed by atoms with Crippen molar-refractivity contribution in [2.45, 2.75) is 71.4 Å². The maximum absolute atomic E-state index is 5.61. The summed E-state index contributed by atoms with van der Waals surface area (Å²) in [5, 5.41) is 6.91. The van der Waals surface area contributed by atoms with Gasteiger partial charge in [-0.1, -0.05) is 12.8 Å². The van der Waals surface area contributed by atoms with E-state index in [-0.39, 0.29) is 0 Å². The van der Waals surface area contributed by atoms with Crippen LogP contribution in [0.3, 0.4) is 0 Å². The monoisotopic (exact) mass is 442 g/mol. The van der Waals surface area contributed by atoms with Crippen molar-refractivity contribution in [3.63, 3.8) is 0 Å². The number of aromatic nitrogens is 2. The maximum atomic E-state index is 5.61. The van der Waals surface area contributed by atoms with E-state index in [0.717, 1.165) is 42.8 Å². The van der Waals surface area contributed by atoms with Gasteiger partial charge in [-0.2, -0.15) is 9.97 Å². The molecule has 168 valence electrons. The van der Waals surface area contributed by atoms with Crippen molar-refractivity contribution in [2.75, 3.05) is 34.8 Å². The fourth-order valence-electron chi connectivity index (χ4n) is 4.42. The molecule has 4 heterocycles. The molecule has 0 aromatic carbocycles. The third-order valence-corrected chi connectivity index (χ3v) is 6.42. The van der Waals surface area contributed by atoms with Gasteiger partial charge in [0.05, 0.1) is 6.54 Å². The first-order valence-electron chi connectivity index (χ1n) is 11.6. The van der Waals surface area contributed by atoms with Gasteiger partial charge in [-0.15, -0.1) is 0 Å². The summed E-state index contributed by atoms with van der Waals surface area (Å²) in [6, 6.07) is 6.56. The minimum absolute atomic E-state index is 0.487. The molecule has 0 bridgehead atoms. The number of hydrogen-bond donors (Lipinski definition) is 2. The van der Waals surface area contributed by atoms with E-state index in [1.807, 2.05) is 19.1 Å². The summed E-state index contributed by atoms with van der Waals surface area (Å²) in [6.45, 7) is 7.89. The number of rotatable bonds is 5. The first-order valence-corrected chi connectivity index (χ1v) is 12.0. The van der Waals surface area contributed by atoms with Crippen LogP contribution in [0.25, 0.3) is 0 Å². The summed E-state index contributed by atoms with van der Waals surface area (Å²) >= 11 is 5.52. The Hall–Kier alpha value is -2.35. The Morgan fingerprint density at radius 2 is 1.81 bits per heavy atom. The van der Waals surface area contributed by atoms with Crippen LogP contribution in [-0.4, -0.2) is 40.8 Å². The van der Waals surface area contributed by atoms with Gasteiger partial charge in [0, 0.05) is 31.7 Å². The highest BCUT2D eigenvalue weighted by Gasteiger charge is 2.23. The second-order valence-corrected chi connectivity index (χ2v) is 9.08. The minimum Gasteiger partial charge on any atom is -0.465 e. The molecule has 2 aromatic heterocycles. The summed E-state index contributed by atoms with van der Waals surface area (Å²) < 4.78 is 5.61. The molecule has 1 atom stereocenters. The van der Waals surface area contributed by atoms with Crippen molar-refractivity contribution in [1.29, 1.82) is 0 Å². The fraction of sp³-hybridized carbons (Fsp3) is 0.609. The van der Waals surface area contributed by atoms with Crippen LogP contribution in [0.2, 0.25) is 0 Å². The van der Waals surface area contributed by atoms with Crippen molar-refractivity contribution in [3.8, 4) is 0 Å². The van der Waals surface area contributed by atoms with E-state index in [1.54, 1.807) is 0 Å². The van der Waals surface area contributed by atoms with Crippen LogP contribution in [0.5, 0.6) is 0 Å². The van der Waals surface area contributed by atoms with E-state index < -0.39 is 0 Å². The van der Waals surface area contributed by atoms with Crippen LogP contribution >= 0.6 is 12.2 Å². The van der Waals surface area contributed by atoms with Gasteiger partial charge in [0.25, 0.3) is 0 Å². The molecule has 8 heteroatoms. The molecule has 0 amide bonds. The van der Waals surface area contributed by atoms with E-state index in [1.165, 1.54) is 44.9 Å². The second-order valence-electron chi connectivity index (χ2n) is 8.67. The van der Waals surface area contributed by atoms with Gasteiger partial charge < -0.3 is 24.9 Å². The maximum Gasteiger partial charge on any atom is 0.232 e. The number of hydrogen-bond acceptors (Lipinski definition) is 6. The van der Waals surface area contributed by atoms with Crippen LogP contribution in [0.1, 0.15) is 63.4 Å². The molecule has 2 saturated heterocycles. The Kier molecular flexibility index (Phi) is 7.27. The molecular weight excluding hydrogens is 408 g/mol. The molecule has 0 spiro atoms. The molecule has 4 rings (SSSR count). The van der Waals surface area contributed by atoms with Crippen LogP contribution < -0.4 is 20.4 Å². The number of nitrogens with one attached hydrogen (secondary N) is 2. The van der Waals surface area contributed by atoms with Crippen LogP contribution in [0.15, 0.2) is 22.6 Å². The zero-order valence-electron chi connectivity index (χ0n) is 18.7. The van der Waals surface area contributed by atoms with Crippen LogP contribution in [-0.2, 0) is 6.54 Å². The molecule has 7 nitrogen and oxygen atoms in total. The summed E-state index contributed by atoms with van der Waals surface area (Å²) in [5.74, 6) is 4.29. The van der Waals surface area contributed by atoms with E-state index >= 15 is 0 Å². The van der Waals surface area contributed by atoms with Crippen molar-refractivity contribution in [1.82, 2.24) is 15.3 Å². The number of anilines is 3. The van der Waals surface area contributed by atoms with Gasteiger partial charge in [-0.25, -0.2) is 0 Å². The van der Waals surface area contributed by atoms with E-state index in [2.05, 4.69) is 33.4 Å². The largest absolute Gasteiger partial charge is 0.465 e. The number of piperidine rings is 1. The average molecular weight is 443 g/mol. The number of nitrogens with zero attached hydrogens (tertiary/aromatic N) is 4. The number of thiocarbonyl (C=S) groups is 1. The SMILES string of the molecule is Cc1ccc(CNC(=S)Nc2nc(N3CCCCCC3)cc(N3CCCCC3C)n2)o1. The highest BCUT2D eigenvalue weighted by molar-refractivity contribution is 7.80. The van der Waals surface area contributed by atoms with Crippen molar-refractivity contribution in [2.24, 2.45) is 0 Å². The Bertz CT molecular complexity index is 877. The Morgan fingerprint density at radius 1 is 1.06 bits per heavy atom. The smallest absolute Gasteiger partial charge is 0.232 e. The quantitative estimate of drug-likeness (QED) is 0.650. The lowest BCUT2D eigenvalue weighted by atomic mass is 10.0. The molecule has 0 aliphatic carbocycles. The molecule has 2 N–H and O–H groups in total. The van der Waals surface area contributed by atoms with E-state index in [0.29, 0.717) is 23.6 Å². The van der Waals surface area contributed by atoms with Crippen molar-refractivity contribution in [3.05, 3.63) is 29.7 Å². The highest BCUT2D eigenvalue weighted by Crippen LogP contribution is 2.28. The van der Waals surface area contributed by atoms with Crippen molar-refractivity contribution >= 4 is 34.9 Å². The summed E-state index contributed by atoms with van der Waals surface area (Å²) in [4.78, 5) is 14.5. The van der Waals surface area contributed by atoms with E-state index in [9.17, 15) is 0 Å². The summed E-state index contributed by atoms with van der Waals surface area (Å²) in [5.41, 5.74) is 0. The third kappa shape index (κ3) is 5.87. The first-order chi connectivity index (χ1) is 15.1. The Balaban J connectivity index is 1.52. The molecule has 31 heavy (non-hydrogen) atoms. The Labute approximate surface area is 190 Å². The van der Waals surface area contributed by atoms with Crippen molar-refractivity contribution < 1.29 is 4.42 Å². The molecule has 2 aliphatic rings. The molecule has 2 aromatic rings. The van der Waals surface area contributed by atoms with Gasteiger partial charge in [0.2, 0.25) is 5.95 Å². The van der Waals surface area contributed by atoms with Gasteiger partial charge >= 0.3 is 0 Å². The lowest BCUT2D eigenvalue weighted by Crippen LogP contribution is -2.38. The van der Waals surface area contributed by atoms with Crippen LogP contribution in [0.4, 0.5) is 17.6 Å². The molecule has 0 saturated carbocycles. The average Bonchev–Trinajstić information content (AvgIpc) is 3.00. The zero-order valence-corrected chi connectivity index (χ0v) is 19.5. The standard InChI is InChI=1S/C23H34N6OS/c1-17-9-5-8-14-29(17)21-15-20(28-12-6-3-4-7-13-28)25-22(26-21)27-23(31)24-16-19-11-10-18(2)30-19/h10-11,15,17H,3-9,12-14,16H2,1-2H3,(H2,24,25,26,27,31). The summed E-state index contributed by atoms with van der Waals surface area (Å²) in [6.07, 6.45) is 8.71. The van der Waals surface area contributed by atoms with Gasteiger partial charge in [-0.3, -0.25) is 0 Å². The lowest BCUT2D eigenvalue weighted by Gasteiger charge is -2.35. The minimum atomic E-state index is 0.487. The fourth-order valence-corrected chi connectivity index (χ4v) is 4.58. The molecule has 0 radical (unpaired) electrons. The lowest BCUT2D eigenvalue weighted by molar-refractivity contribution is 0.478. The first kappa shape index (κ1) is 21.9. The summed E-state index contributed by atoms with van der Waals surface area (Å²) in [7, 11) is 0.